The van der Waals surface area contributed by atoms with Crippen LogP contribution in [-0.2, 0) is 20.9 Å². The summed E-state index contributed by atoms with van der Waals surface area (Å²) >= 11 is 3.17. The van der Waals surface area contributed by atoms with Crippen LogP contribution in [0, 0.1) is 10.1 Å². The maximum atomic E-state index is 12.9. The van der Waals surface area contributed by atoms with Crippen molar-refractivity contribution in [3.63, 3.8) is 0 Å². The Morgan fingerprint density at radius 1 is 1.18 bits per heavy atom. The van der Waals surface area contributed by atoms with Crippen LogP contribution in [0.5, 0.6) is 0 Å². The van der Waals surface area contributed by atoms with Crippen LogP contribution < -0.4 is 4.90 Å². The standard InChI is InChI=1S/C19H19BrN2O6/c1-19(2,17(23)27-3)21(15-10-9-14(20)11-16(15)22(25)26)18(24)28-12-13-7-5-4-6-8-13/h4-11H,12H2,1-3H3. The molecule has 0 aromatic heterocycles. The molecule has 0 saturated carbocycles. The molecule has 0 atom stereocenters. The number of carbonyl (C=O) groups excluding carboxylic acids is 2. The summed E-state index contributed by atoms with van der Waals surface area (Å²) in [5, 5.41) is 11.5. The third-order valence-electron chi connectivity index (χ3n) is 4.01. The maximum absolute atomic E-state index is 12.9. The van der Waals surface area contributed by atoms with Crippen molar-refractivity contribution in [3.05, 3.63) is 68.7 Å². The van der Waals surface area contributed by atoms with Crippen LogP contribution in [0.25, 0.3) is 0 Å². The van der Waals surface area contributed by atoms with E-state index in [1.54, 1.807) is 24.3 Å². The lowest BCUT2D eigenvalue weighted by Gasteiger charge is -2.34. The monoisotopic (exact) mass is 450 g/mol. The van der Waals surface area contributed by atoms with Crippen molar-refractivity contribution in [2.45, 2.75) is 26.0 Å². The molecule has 0 unspecified atom stereocenters. The molecule has 148 valence electrons. The van der Waals surface area contributed by atoms with Crippen molar-refractivity contribution < 1.29 is 24.0 Å². The maximum Gasteiger partial charge on any atom is 0.415 e. The largest absolute Gasteiger partial charge is 0.467 e. The van der Waals surface area contributed by atoms with E-state index in [1.165, 1.54) is 39.2 Å². The highest BCUT2D eigenvalue weighted by atomic mass is 79.9. The Hall–Kier alpha value is -2.94. The number of methoxy groups -OCH3 is 1. The van der Waals surface area contributed by atoms with Gasteiger partial charge in [0.25, 0.3) is 5.69 Å². The molecule has 2 aromatic carbocycles. The third-order valence-corrected chi connectivity index (χ3v) is 4.50. The van der Waals surface area contributed by atoms with Crippen LogP contribution in [0.4, 0.5) is 16.2 Å². The second kappa shape index (κ2) is 8.83. The summed E-state index contributed by atoms with van der Waals surface area (Å²) in [4.78, 5) is 37.1. The van der Waals surface area contributed by atoms with Gasteiger partial charge in [0.1, 0.15) is 17.8 Å². The van der Waals surface area contributed by atoms with Gasteiger partial charge < -0.3 is 9.47 Å². The van der Waals surface area contributed by atoms with Crippen LogP contribution in [0.2, 0.25) is 0 Å². The number of rotatable bonds is 6. The first kappa shape index (κ1) is 21.4. The molecule has 28 heavy (non-hydrogen) atoms. The van der Waals surface area contributed by atoms with Crippen LogP contribution in [0.1, 0.15) is 19.4 Å². The quantitative estimate of drug-likeness (QED) is 0.366. The van der Waals surface area contributed by atoms with Crippen LogP contribution in [0.3, 0.4) is 0 Å². The second-order valence-electron chi connectivity index (χ2n) is 6.32. The number of amides is 1. The van der Waals surface area contributed by atoms with E-state index in [4.69, 9.17) is 9.47 Å². The average molecular weight is 451 g/mol. The summed E-state index contributed by atoms with van der Waals surface area (Å²) in [6.45, 7) is 2.79. The zero-order chi connectivity index (χ0) is 20.9. The minimum Gasteiger partial charge on any atom is -0.467 e. The summed E-state index contributed by atoms with van der Waals surface area (Å²) in [7, 11) is 1.17. The first-order chi connectivity index (χ1) is 13.2. The van der Waals surface area contributed by atoms with E-state index in [0.717, 1.165) is 10.5 Å². The lowest BCUT2D eigenvalue weighted by atomic mass is 10.0. The van der Waals surface area contributed by atoms with Crippen LogP contribution in [0.15, 0.2) is 53.0 Å². The fourth-order valence-corrected chi connectivity index (χ4v) is 2.93. The van der Waals surface area contributed by atoms with Gasteiger partial charge >= 0.3 is 12.1 Å². The summed E-state index contributed by atoms with van der Waals surface area (Å²) < 4.78 is 10.6. The van der Waals surface area contributed by atoms with Crippen molar-refractivity contribution in [2.24, 2.45) is 0 Å². The van der Waals surface area contributed by atoms with Gasteiger partial charge in [-0.2, -0.15) is 0 Å². The number of carbonyl (C=O) groups is 2. The van der Waals surface area contributed by atoms with Crippen molar-refractivity contribution >= 4 is 39.4 Å². The van der Waals surface area contributed by atoms with Gasteiger partial charge in [0.15, 0.2) is 0 Å². The van der Waals surface area contributed by atoms with Crippen molar-refractivity contribution in [2.75, 3.05) is 12.0 Å². The van der Waals surface area contributed by atoms with E-state index in [1.807, 2.05) is 6.07 Å². The molecule has 0 aliphatic heterocycles. The van der Waals surface area contributed by atoms with Gasteiger partial charge in [0.2, 0.25) is 0 Å². The fraction of sp³-hybridized carbons (Fsp3) is 0.263. The zero-order valence-corrected chi connectivity index (χ0v) is 17.1. The summed E-state index contributed by atoms with van der Waals surface area (Å²) in [5.74, 6) is -0.749. The molecule has 1 amide bonds. The molecule has 0 radical (unpaired) electrons. The van der Waals surface area contributed by atoms with Crippen LogP contribution in [-0.4, -0.2) is 29.6 Å². The number of hydrogen-bond acceptors (Lipinski definition) is 6. The molecule has 2 aromatic rings. The number of nitro benzene ring substituents is 1. The Balaban J connectivity index is 2.47. The third kappa shape index (κ3) is 4.66. The highest BCUT2D eigenvalue weighted by Gasteiger charge is 2.43. The number of halogens is 1. The first-order valence-electron chi connectivity index (χ1n) is 8.21. The molecular formula is C19H19BrN2O6. The number of ether oxygens (including phenoxy) is 2. The normalized spacial score (nSPS) is 10.9. The highest BCUT2D eigenvalue weighted by Crippen LogP contribution is 2.36. The van der Waals surface area contributed by atoms with Gasteiger partial charge in [-0.3, -0.25) is 15.0 Å². The topological polar surface area (TPSA) is 99.0 Å². The molecule has 0 aliphatic carbocycles. The molecule has 0 heterocycles. The summed E-state index contributed by atoms with van der Waals surface area (Å²) in [6, 6.07) is 13.1. The number of anilines is 1. The molecule has 0 bridgehead atoms. The number of nitrogens with zero attached hydrogens (tertiary/aromatic N) is 2. The number of hydrogen-bond donors (Lipinski definition) is 0. The Labute approximate surface area is 170 Å². The van der Waals surface area contributed by atoms with Crippen molar-refractivity contribution in [3.8, 4) is 0 Å². The molecule has 8 nitrogen and oxygen atoms in total. The lowest BCUT2D eigenvalue weighted by Crippen LogP contribution is -2.54. The summed E-state index contributed by atoms with van der Waals surface area (Å²) in [6.07, 6.45) is -0.912. The van der Waals surface area contributed by atoms with Gasteiger partial charge in [0.05, 0.1) is 12.0 Å². The Bertz CT molecular complexity index is 885. The number of nitro groups is 1. The van der Waals surface area contributed by atoms with E-state index >= 15 is 0 Å². The Morgan fingerprint density at radius 2 is 1.82 bits per heavy atom. The van der Waals surface area contributed by atoms with E-state index < -0.39 is 22.5 Å². The molecule has 0 saturated heterocycles. The Kier molecular flexibility index (Phi) is 6.74. The second-order valence-corrected chi connectivity index (χ2v) is 7.23. The van der Waals surface area contributed by atoms with Crippen molar-refractivity contribution in [1.29, 1.82) is 0 Å². The predicted octanol–water partition coefficient (Wildman–Crippen LogP) is 4.45. The molecular weight excluding hydrogens is 432 g/mol. The van der Waals surface area contributed by atoms with E-state index in [9.17, 15) is 19.7 Å². The molecule has 0 aliphatic rings. The Morgan fingerprint density at radius 3 is 2.39 bits per heavy atom. The van der Waals surface area contributed by atoms with Gasteiger partial charge in [-0.05, 0) is 31.5 Å². The van der Waals surface area contributed by atoms with Gasteiger partial charge in [-0.15, -0.1) is 0 Å². The SMILES string of the molecule is COC(=O)C(C)(C)N(C(=O)OCc1ccccc1)c1ccc(Br)cc1[N+](=O)[O-]. The summed E-state index contributed by atoms with van der Waals surface area (Å²) in [5.41, 5.74) is -1.26. The van der Waals surface area contributed by atoms with Crippen LogP contribution >= 0.6 is 15.9 Å². The first-order valence-corrected chi connectivity index (χ1v) is 9.01. The lowest BCUT2D eigenvalue weighted by molar-refractivity contribution is -0.384. The molecule has 0 spiro atoms. The van der Waals surface area contributed by atoms with Gasteiger partial charge in [-0.25, -0.2) is 9.59 Å². The van der Waals surface area contributed by atoms with Gasteiger partial charge in [-0.1, -0.05) is 46.3 Å². The zero-order valence-electron chi connectivity index (χ0n) is 15.5. The molecule has 0 N–H and O–H groups in total. The van der Waals surface area contributed by atoms with Gasteiger partial charge in [0, 0.05) is 10.5 Å². The van der Waals surface area contributed by atoms with E-state index in [0.29, 0.717) is 4.47 Å². The van der Waals surface area contributed by atoms with E-state index in [-0.39, 0.29) is 18.0 Å². The molecule has 2 rings (SSSR count). The minimum atomic E-state index is -1.55. The molecule has 9 heteroatoms. The minimum absolute atomic E-state index is 0.0578. The van der Waals surface area contributed by atoms with Crippen molar-refractivity contribution in [1.82, 2.24) is 0 Å². The van der Waals surface area contributed by atoms with E-state index in [2.05, 4.69) is 15.9 Å². The molecule has 0 fully saturated rings. The number of benzene rings is 2. The average Bonchev–Trinajstić information content (AvgIpc) is 2.67. The fourth-order valence-electron chi connectivity index (χ4n) is 2.58. The highest BCUT2D eigenvalue weighted by molar-refractivity contribution is 9.10. The smallest absolute Gasteiger partial charge is 0.415 e. The number of esters is 1. The predicted molar refractivity (Wildman–Crippen MR) is 106 cm³/mol.